The highest BCUT2D eigenvalue weighted by atomic mass is 32.2. The largest absolute Gasteiger partial charge is 0.355 e. The molecule has 1 saturated carbocycles. The molecular formula is C16H22FNOS. The van der Waals surface area contributed by atoms with Gasteiger partial charge in [0, 0.05) is 11.4 Å². The number of hydrogen-bond donors (Lipinski definition) is 1. The molecule has 0 spiro atoms. The first-order valence-corrected chi connectivity index (χ1v) is 8.23. The fraction of sp³-hybridized carbons (Fsp3) is 0.562. The van der Waals surface area contributed by atoms with E-state index >= 15 is 0 Å². The highest BCUT2D eigenvalue weighted by Gasteiger charge is 2.18. The second kappa shape index (κ2) is 7.67. The van der Waals surface area contributed by atoms with Crippen LogP contribution in [0.1, 0.15) is 39.0 Å². The molecule has 1 amide bonds. The molecule has 4 heteroatoms. The van der Waals surface area contributed by atoms with Gasteiger partial charge in [-0.05, 0) is 49.9 Å². The third-order valence-electron chi connectivity index (χ3n) is 3.79. The van der Waals surface area contributed by atoms with Crippen molar-refractivity contribution in [3.63, 3.8) is 0 Å². The van der Waals surface area contributed by atoms with Gasteiger partial charge in [0.05, 0.1) is 5.25 Å². The van der Waals surface area contributed by atoms with Gasteiger partial charge in [0.2, 0.25) is 5.91 Å². The standard InChI is InChI=1S/C16H22FNOS/c1-12(20-15-9-7-14(17)8-10-15)16(19)18-11-13-5-3-2-4-6-13/h7-10,12-13H,2-6,11H2,1H3,(H,18,19). The van der Waals surface area contributed by atoms with Gasteiger partial charge in [-0.2, -0.15) is 0 Å². The van der Waals surface area contributed by atoms with Gasteiger partial charge in [-0.25, -0.2) is 4.39 Å². The first-order chi connectivity index (χ1) is 9.65. The van der Waals surface area contributed by atoms with E-state index in [9.17, 15) is 9.18 Å². The van der Waals surface area contributed by atoms with E-state index in [1.165, 1.54) is 56.0 Å². The molecule has 0 bridgehead atoms. The average molecular weight is 295 g/mol. The Balaban J connectivity index is 1.75. The Morgan fingerprint density at radius 3 is 2.60 bits per heavy atom. The molecule has 1 aromatic rings. The summed E-state index contributed by atoms with van der Waals surface area (Å²) in [6, 6.07) is 6.28. The Morgan fingerprint density at radius 1 is 1.30 bits per heavy atom. The second-order valence-corrected chi connectivity index (χ2v) is 6.88. The molecule has 1 aliphatic rings. The van der Waals surface area contributed by atoms with Gasteiger partial charge in [-0.1, -0.05) is 19.3 Å². The fourth-order valence-corrected chi connectivity index (χ4v) is 3.44. The van der Waals surface area contributed by atoms with E-state index in [0.29, 0.717) is 5.92 Å². The van der Waals surface area contributed by atoms with E-state index < -0.39 is 0 Å². The van der Waals surface area contributed by atoms with Crippen molar-refractivity contribution in [2.24, 2.45) is 5.92 Å². The zero-order valence-corrected chi connectivity index (χ0v) is 12.7. The molecule has 1 fully saturated rings. The molecule has 0 aromatic heterocycles. The van der Waals surface area contributed by atoms with Gasteiger partial charge in [-0.3, -0.25) is 4.79 Å². The smallest absolute Gasteiger partial charge is 0.233 e. The van der Waals surface area contributed by atoms with Crippen molar-refractivity contribution in [2.75, 3.05) is 6.54 Å². The van der Waals surface area contributed by atoms with Crippen molar-refractivity contribution >= 4 is 17.7 Å². The van der Waals surface area contributed by atoms with E-state index in [1.807, 2.05) is 6.92 Å². The quantitative estimate of drug-likeness (QED) is 0.832. The zero-order chi connectivity index (χ0) is 14.4. The molecule has 0 aliphatic heterocycles. The predicted molar refractivity (Wildman–Crippen MR) is 81.3 cm³/mol. The van der Waals surface area contributed by atoms with E-state index in [1.54, 1.807) is 12.1 Å². The van der Waals surface area contributed by atoms with Crippen LogP contribution in [0.2, 0.25) is 0 Å². The minimum absolute atomic E-state index is 0.0740. The monoisotopic (exact) mass is 295 g/mol. The van der Waals surface area contributed by atoms with Gasteiger partial charge in [0.1, 0.15) is 5.82 Å². The summed E-state index contributed by atoms with van der Waals surface area (Å²) < 4.78 is 12.8. The van der Waals surface area contributed by atoms with Crippen LogP contribution >= 0.6 is 11.8 Å². The molecule has 1 atom stereocenters. The lowest BCUT2D eigenvalue weighted by Crippen LogP contribution is -2.35. The summed E-state index contributed by atoms with van der Waals surface area (Å²) in [5, 5.41) is 2.90. The number of thioether (sulfide) groups is 1. The van der Waals surface area contributed by atoms with Crippen molar-refractivity contribution in [2.45, 2.75) is 49.2 Å². The molecule has 1 aliphatic carbocycles. The Hall–Kier alpha value is -1.03. The van der Waals surface area contributed by atoms with Crippen LogP contribution in [0.15, 0.2) is 29.2 Å². The van der Waals surface area contributed by atoms with Crippen molar-refractivity contribution in [3.05, 3.63) is 30.1 Å². The molecule has 0 radical (unpaired) electrons. The maximum absolute atomic E-state index is 12.8. The molecule has 110 valence electrons. The Bertz CT molecular complexity index is 429. The number of amides is 1. The molecule has 0 saturated heterocycles. The fourth-order valence-electron chi connectivity index (χ4n) is 2.55. The van der Waals surface area contributed by atoms with Gasteiger partial charge in [-0.15, -0.1) is 11.8 Å². The van der Waals surface area contributed by atoms with Crippen molar-refractivity contribution in [1.82, 2.24) is 5.32 Å². The van der Waals surface area contributed by atoms with Crippen molar-refractivity contribution in [1.29, 1.82) is 0 Å². The van der Waals surface area contributed by atoms with Crippen LogP contribution in [-0.4, -0.2) is 17.7 Å². The SMILES string of the molecule is CC(Sc1ccc(F)cc1)C(=O)NCC1CCCCC1. The van der Waals surface area contributed by atoms with Crippen LogP contribution in [0, 0.1) is 11.7 Å². The van der Waals surface area contributed by atoms with Gasteiger partial charge in [0.25, 0.3) is 0 Å². The van der Waals surface area contributed by atoms with E-state index in [2.05, 4.69) is 5.32 Å². The minimum Gasteiger partial charge on any atom is -0.355 e. The van der Waals surface area contributed by atoms with Crippen molar-refractivity contribution in [3.8, 4) is 0 Å². The third-order valence-corrected chi connectivity index (χ3v) is 4.90. The molecule has 1 N–H and O–H groups in total. The van der Waals surface area contributed by atoms with Crippen molar-refractivity contribution < 1.29 is 9.18 Å². The van der Waals surface area contributed by atoms with Crippen LogP contribution in [0.3, 0.4) is 0 Å². The van der Waals surface area contributed by atoms with Crippen LogP contribution in [0.5, 0.6) is 0 Å². The maximum Gasteiger partial charge on any atom is 0.233 e. The third kappa shape index (κ3) is 4.82. The molecular weight excluding hydrogens is 273 g/mol. The first-order valence-electron chi connectivity index (χ1n) is 7.35. The minimum atomic E-state index is -0.247. The summed E-state index contributed by atoms with van der Waals surface area (Å²) in [5.41, 5.74) is 0. The maximum atomic E-state index is 12.8. The summed E-state index contributed by atoms with van der Waals surface area (Å²) >= 11 is 1.47. The molecule has 1 aromatic carbocycles. The molecule has 0 heterocycles. The predicted octanol–water partition coefficient (Wildman–Crippen LogP) is 4.00. The Kier molecular flexibility index (Phi) is 5.89. The summed E-state index contributed by atoms with van der Waals surface area (Å²) in [7, 11) is 0. The molecule has 1 unspecified atom stereocenters. The number of carbonyl (C=O) groups is 1. The number of hydrogen-bond acceptors (Lipinski definition) is 2. The number of halogens is 1. The van der Waals surface area contributed by atoms with Crippen LogP contribution in [-0.2, 0) is 4.79 Å². The number of rotatable bonds is 5. The molecule has 2 rings (SSSR count). The van der Waals surface area contributed by atoms with Gasteiger partial charge >= 0.3 is 0 Å². The van der Waals surface area contributed by atoms with Crippen LogP contribution in [0.4, 0.5) is 4.39 Å². The summed E-state index contributed by atoms with van der Waals surface area (Å²) in [5.74, 6) is 0.476. The average Bonchev–Trinajstić information content (AvgIpc) is 2.48. The van der Waals surface area contributed by atoms with Crippen LogP contribution in [0.25, 0.3) is 0 Å². The highest BCUT2D eigenvalue weighted by Crippen LogP contribution is 2.25. The van der Waals surface area contributed by atoms with Gasteiger partial charge < -0.3 is 5.32 Å². The van der Waals surface area contributed by atoms with E-state index in [4.69, 9.17) is 0 Å². The Labute approximate surface area is 124 Å². The summed E-state index contributed by atoms with van der Waals surface area (Å²) in [6.45, 7) is 2.69. The Morgan fingerprint density at radius 2 is 1.95 bits per heavy atom. The lowest BCUT2D eigenvalue weighted by atomic mass is 9.89. The van der Waals surface area contributed by atoms with E-state index in [0.717, 1.165) is 11.4 Å². The molecule has 20 heavy (non-hydrogen) atoms. The second-order valence-electron chi connectivity index (χ2n) is 5.46. The summed E-state index contributed by atoms with van der Waals surface area (Å²) in [4.78, 5) is 13.0. The number of nitrogens with one attached hydrogen (secondary N) is 1. The lowest BCUT2D eigenvalue weighted by molar-refractivity contribution is -0.120. The van der Waals surface area contributed by atoms with E-state index in [-0.39, 0.29) is 17.0 Å². The first kappa shape index (κ1) is 15.4. The van der Waals surface area contributed by atoms with Crippen LogP contribution < -0.4 is 5.32 Å². The molecule has 2 nitrogen and oxygen atoms in total. The highest BCUT2D eigenvalue weighted by molar-refractivity contribution is 8.00. The lowest BCUT2D eigenvalue weighted by Gasteiger charge is -2.22. The zero-order valence-electron chi connectivity index (χ0n) is 11.9. The summed E-state index contributed by atoms with van der Waals surface area (Å²) in [6.07, 6.45) is 6.39. The topological polar surface area (TPSA) is 29.1 Å². The van der Waals surface area contributed by atoms with Gasteiger partial charge in [0.15, 0.2) is 0 Å². The normalized spacial score (nSPS) is 17.7. The number of carbonyl (C=O) groups excluding carboxylic acids is 1. The number of benzene rings is 1.